The molecule has 12 heavy (non-hydrogen) atoms. The van der Waals surface area contributed by atoms with Crippen LogP contribution in [0.4, 0.5) is 0 Å². The molecule has 2 heteroatoms. The molecule has 0 aromatic heterocycles. The molecule has 0 aliphatic heterocycles. The molecule has 1 aromatic carbocycles. The van der Waals surface area contributed by atoms with E-state index in [1.807, 2.05) is 44.2 Å². The zero-order valence-electron chi connectivity index (χ0n) is 7.49. The van der Waals surface area contributed by atoms with E-state index in [-0.39, 0.29) is 6.29 Å². The number of rotatable bonds is 4. The van der Waals surface area contributed by atoms with Crippen molar-refractivity contribution in [1.82, 2.24) is 0 Å². The largest absolute Gasteiger partial charge is 0.465 e. The molecular formula is C10H14O2. The fraction of sp³-hybridized carbons (Fsp3) is 0.400. The average molecular weight is 166 g/mol. The fourth-order valence-corrected chi connectivity index (χ4v) is 0.959. The van der Waals surface area contributed by atoms with Crippen molar-refractivity contribution in [3.05, 3.63) is 30.3 Å². The highest BCUT2D eigenvalue weighted by atomic mass is 16.7. The van der Waals surface area contributed by atoms with E-state index >= 15 is 0 Å². The van der Waals surface area contributed by atoms with Crippen LogP contribution in [0.2, 0.25) is 0 Å². The van der Waals surface area contributed by atoms with Crippen LogP contribution in [0.25, 0.3) is 0 Å². The van der Waals surface area contributed by atoms with E-state index in [4.69, 9.17) is 9.47 Å². The molecule has 0 amide bonds. The third kappa shape index (κ3) is 2.93. The molecule has 66 valence electrons. The molecule has 0 bridgehead atoms. The second kappa shape index (κ2) is 4.78. The first-order valence-corrected chi connectivity index (χ1v) is 4.16. The van der Waals surface area contributed by atoms with Crippen molar-refractivity contribution in [2.24, 2.45) is 0 Å². The maximum atomic E-state index is 5.43. The lowest BCUT2D eigenvalue weighted by atomic mass is 10.3. The molecule has 1 atom stereocenters. The van der Waals surface area contributed by atoms with Gasteiger partial charge in [-0.3, -0.25) is 0 Å². The van der Waals surface area contributed by atoms with Gasteiger partial charge in [0.15, 0.2) is 6.29 Å². The molecule has 1 aromatic rings. The molecular weight excluding hydrogens is 152 g/mol. The second-order valence-corrected chi connectivity index (χ2v) is 2.45. The van der Waals surface area contributed by atoms with Gasteiger partial charge in [-0.2, -0.15) is 0 Å². The maximum absolute atomic E-state index is 5.43. The quantitative estimate of drug-likeness (QED) is 0.639. The summed E-state index contributed by atoms with van der Waals surface area (Å²) in [5, 5.41) is 0. The Bertz CT molecular complexity index is 208. The highest BCUT2D eigenvalue weighted by molar-refractivity contribution is 5.20. The summed E-state index contributed by atoms with van der Waals surface area (Å²) in [4.78, 5) is 0. The van der Waals surface area contributed by atoms with Crippen LogP contribution >= 0.6 is 0 Å². The SMILES string of the molecule is CCO[C@@H](C)Oc1ccccc1. The molecule has 0 heterocycles. The lowest BCUT2D eigenvalue weighted by Gasteiger charge is -2.13. The maximum Gasteiger partial charge on any atom is 0.196 e. The van der Waals surface area contributed by atoms with E-state index in [0.29, 0.717) is 6.61 Å². The molecule has 0 saturated heterocycles. The van der Waals surface area contributed by atoms with Gasteiger partial charge >= 0.3 is 0 Å². The van der Waals surface area contributed by atoms with E-state index in [1.165, 1.54) is 0 Å². The zero-order valence-corrected chi connectivity index (χ0v) is 7.49. The number of ether oxygens (including phenoxy) is 2. The van der Waals surface area contributed by atoms with Crippen LogP contribution in [0.5, 0.6) is 5.75 Å². The minimum absolute atomic E-state index is 0.169. The third-order valence-electron chi connectivity index (χ3n) is 1.45. The standard InChI is InChI=1S/C10H14O2/c1-3-11-9(2)12-10-7-5-4-6-8-10/h4-9H,3H2,1-2H3/t9-/m1/s1. The normalized spacial score (nSPS) is 12.5. The van der Waals surface area contributed by atoms with Gasteiger partial charge in [0.25, 0.3) is 0 Å². The van der Waals surface area contributed by atoms with Crippen molar-refractivity contribution in [3.63, 3.8) is 0 Å². The van der Waals surface area contributed by atoms with Crippen LogP contribution in [0, 0.1) is 0 Å². The monoisotopic (exact) mass is 166 g/mol. The van der Waals surface area contributed by atoms with Gasteiger partial charge in [-0.25, -0.2) is 0 Å². The molecule has 0 aliphatic carbocycles. The van der Waals surface area contributed by atoms with Gasteiger partial charge in [-0.05, 0) is 26.0 Å². The fourth-order valence-electron chi connectivity index (χ4n) is 0.959. The molecule has 0 unspecified atom stereocenters. The Morgan fingerprint density at radius 2 is 1.92 bits per heavy atom. The summed E-state index contributed by atoms with van der Waals surface area (Å²) in [6.45, 7) is 4.51. The summed E-state index contributed by atoms with van der Waals surface area (Å²) in [6.07, 6.45) is -0.169. The van der Waals surface area contributed by atoms with Crippen LogP contribution in [-0.4, -0.2) is 12.9 Å². The Balaban J connectivity index is 2.41. The summed E-state index contributed by atoms with van der Waals surface area (Å²) >= 11 is 0. The topological polar surface area (TPSA) is 18.5 Å². The first-order chi connectivity index (χ1) is 5.83. The number of benzene rings is 1. The summed E-state index contributed by atoms with van der Waals surface area (Å²) in [5.41, 5.74) is 0. The molecule has 1 rings (SSSR count). The van der Waals surface area contributed by atoms with Crippen LogP contribution in [0.15, 0.2) is 30.3 Å². The Morgan fingerprint density at radius 3 is 2.50 bits per heavy atom. The average Bonchev–Trinajstić information content (AvgIpc) is 2.06. The number of para-hydroxylation sites is 1. The van der Waals surface area contributed by atoms with E-state index in [0.717, 1.165) is 5.75 Å². The van der Waals surface area contributed by atoms with Gasteiger partial charge in [0.2, 0.25) is 0 Å². The zero-order chi connectivity index (χ0) is 8.81. The highest BCUT2D eigenvalue weighted by Crippen LogP contribution is 2.10. The molecule has 0 aliphatic rings. The Kier molecular flexibility index (Phi) is 3.61. The number of hydrogen-bond donors (Lipinski definition) is 0. The summed E-state index contributed by atoms with van der Waals surface area (Å²) in [6, 6.07) is 9.66. The lowest BCUT2D eigenvalue weighted by molar-refractivity contribution is -0.0613. The summed E-state index contributed by atoms with van der Waals surface area (Å²) in [7, 11) is 0. The van der Waals surface area contributed by atoms with Gasteiger partial charge in [0.05, 0.1) is 0 Å². The first kappa shape index (κ1) is 9.07. The molecule has 0 N–H and O–H groups in total. The smallest absolute Gasteiger partial charge is 0.196 e. The lowest BCUT2D eigenvalue weighted by Crippen LogP contribution is -2.15. The van der Waals surface area contributed by atoms with Crippen LogP contribution in [0.1, 0.15) is 13.8 Å². The van der Waals surface area contributed by atoms with Gasteiger partial charge in [0, 0.05) is 6.61 Å². The summed E-state index contributed by atoms with van der Waals surface area (Å²) in [5.74, 6) is 0.846. The van der Waals surface area contributed by atoms with Crippen LogP contribution in [0.3, 0.4) is 0 Å². The summed E-state index contributed by atoms with van der Waals surface area (Å²) < 4.78 is 10.7. The minimum atomic E-state index is -0.169. The Hall–Kier alpha value is -1.02. The van der Waals surface area contributed by atoms with Crippen molar-refractivity contribution in [2.75, 3.05) is 6.61 Å². The Labute approximate surface area is 73.1 Å². The van der Waals surface area contributed by atoms with E-state index in [1.54, 1.807) is 0 Å². The minimum Gasteiger partial charge on any atom is -0.465 e. The van der Waals surface area contributed by atoms with E-state index in [2.05, 4.69) is 0 Å². The molecule has 0 saturated carbocycles. The van der Waals surface area contributed by atoms with Gasteiger partial charge in [0.1, 0.15) is 5.75 Å². The molecule has 0 spiro atoms. The van der Waals surface area contributed by atoms with Crippen molar-refractivity contribution < 1.29 is 9.47 Å². The van der Waals surface area contributed by atoms with E-state index in [9.17, 15) is 0 Å². The molecule has 2 nitrogen and oxygen atoms in total. The Morgan fingerprint density at radius 1 is 1.25 bits per heavy atom. The van der Waals surface area contributed by atoms with Crippen molar-refractivity contribution in [1.29, 1.82) is 0 Å². The van der Waals surface area contributed by atoms with E-state index < -0.39 is 0 Å². The molecule has 0 fully saturated rings. The van der Waals surface area contributed by atoms with Crippen molar-refractivity contribution in [2.45, 2.75) is 20.1 Å². The first-order valence-electron chi connectivity index (χ1n) is 4.16. The number of hydrogen-bond acceptors (Lipinski definition) is 2. The predicted octanol–water partition coefficient (Wildman–Crippen LogP) is 2.45. The van der Waals surface area contributed by atoms with Crippen molar-refractivity contribution >= 4 is 0 Å². The van der Waals surface area contributed by atoms with Gasteiger partial charge in [-0.1, -0.05) is 18.2 Å². The highest BCUT2D eigenvalue weighted by Gasteiger charge is 2.00. The van der Waals surface area contributed by atoms with Crippen LogP contribution in [-0.2, 0) is 4.74 Å². The second-order valence-electron chi connectivity index (χ2n) is 2.45. The van der Waals surface area contributed by atoms with Gasteiger partial charge < -0.3 is 9.47 Å². The van der Waals surface area contributed by atoms with Crippen molar-refractivity contribution in [3.8, 4) is 5.75 Å². The third-order valence-corrected chi connectivity index (χ3v) is 1.45. The van der Waals surface area contributed by atoms with Gasteiger partial charge in [-0.15, -0.1) is 0 Å². The predicted molar refractivity (Wildman–Crippen MR) is 48.2 cm³/mol. The molecule has 0 radical (unpaired) electrons. The van der Waals surface area contributed by atoms with Crippen LogP contribution < -0.4 is 4.74 Å².